The minimum absolute atomic E-state index is 0.259. The molecule has 1 aromatic heterocycles. The lowest BCUT2D eigenvalue weighted by Crippen LogP contribution is -2.06. The first-order chi connectivity index (χ1) is 11.8. The molecule has 4 nitrogen and oxygen atoms in total. The van der Waals surface area contributed by atoms with Crippen LogP contribution in [0.2, 0.25) is 0 Å². The Kier molecular flexibility index (Phi) is 4.20. The van der Waals surface area contributed by atoms with Crippen LogP contribution in [0.5, 0.6) is 5.75 Å². The molecule has 2 saturated carbocycles. The van der Waals surface area contributed by atoms with Crippen molar-refractivity contribution >= 4 is 5.97 Å². The second-order valence-electron chi connectivity index (χ2n) is 6.76. The van der Waals surface area contributed by atoms with E-state index in [1.54, 1.807) is 6.20 Å². The largest absolute Gasteiger partial charge is 0.493 e. The predicted octanol–water partition coefficient (Wildman–Crippen LogP) is 4.10. The summed E-state index contributed by atoms with van der Waals surface area (Å²) in [6.45, 7) is 1.06. The number of ether oxygens (including phenoxy) is 2. The van der Waals surface area contributed by atoms with Crippen LogP contribution >= 0.6 is 0 Å². The summed E-state index contributed by atoms with van der Waals surface area (Å²) in [5, 5.41) is 0. The van der Waals surface area contributed by atoms with Crippen molar-refractivity contribution in [3.63, 3.8) is 0 Å². The Morgan fingerprint density at radius 2 is 1.88 bits per heavy atom. The van der Waals surface area contributed by atoms with Gasteiger partial charge in [-0.15, -0.1) is 0 Å². The Morgan fingerprint density at radius 3 is 2.58 bits per heavy atom. The quantitative estimate of drug-likeness (QED) is 0.720. The van der Waals surface area contributed by atoms with Crippen LogP contribution in [0.25, 0.3) is 0 Å². The Bertz CT molecular complexity index is 718. The number of aromatic nitrogens is 1. The fraction of sp³-hybridized carbons (Fsp3) is 0.400. The van der Waals surface area contributed by atoms with E-state index in [0.717, 1.165) is 29.4 Å². The van der Waals surface area contributed by atoms with Gasteiger partial charge in [0.05, 0.1) is 12.2 Å². The highest BCUT2D eigenvalue weighted by molar-refractivity contribution is 5.89. The molecule has 1 aromatic carbocycles. The molecule has 0 radical (unpaired) electrons. The fourth-order valence-corrected chi connectivity index (χ4v) is 2.62. The molecule has 0 atom stereocenters. The van der Waals surface area contributed by atoms with E-state index in [4.69, 9.17) is 9.47 Å². The molecule has 124 valence electrons. The normalized spacial score (nSPS) is 16.7. The summed E-state index contributed by atoms with van der Waals surface area (Å²) in [5.74, 6) is 1.87. The number of hydrogen-bond acceptors (Lipinski definition) is 4. The zero-order valence-electron chi connectivity index (χ0n) is 13.6. The maximum absolute atomic E-state index is 12.2. The van der Waals surface area contributed by atoms with Crippen LogP contribution in [0.3, 0.4) is 0 Å². The van der Waals surface area contributed by atoms with Crippen LogP contribution in [0.4, 0.5) is 0 Å². The Hall–Kier alpha value is -2.36. The minimum atomic E-state index is -0.320. The number of nitrogens with zero attached hydrogens (tertiary/aromatic N) is 1. The van der Waals surface area contributed by atoms with Gasteiger partial charge < -0.3 is 9.47 Å². The van der Waals surface area contributed by atoms with Crippen molar-refractivity contribution in [2.24, 2.45) is 5.92 Å². The van der Waals surface area contributed by atoms with Crippen LogP contribution in [-0.4, -0.2) is 17.6 Å². The molecule has 0 saturated heterocycles. The lowest BCUT2D eigenvalue weighted by atomic mass is 10.1. The highest BCUT2D eigenvalue weighted by Crippen LogP contribution is 2.39. The number of benzene rings is 1. The highest BCUT2D eigenvalue weighted by Gasteiger charge is 2.24. The molecule has 0 amide bonds. The Morgan fingerprint density at radius 1 is 1.08 bits per heavy atom. The van der Waals surface area contributed by atoms with Crippen molar-refractivity contribution in [3.05, 3.63) is 59.4 Å². The van der Waals surface area contributed by atoms with Crippen LogP contribution in [0.15, 0.2) is 42.7 Å². The van der Waals surface area contributed by atoms with E-state index in [-0.39, 0.29) is 12.6 Å². The molecule has 4 rings (SSSR count). The van der Waals surface area contributed by atoms with Gasteiger partial charge in [-0.2, -0.15) is 0 Å². The maximum atomic E-state index is 12.2. The van der Waals surface area contributed by atoms with Gasteiger partial charge in [0.2, 0.25) is 0 Å². The standard InChI is InChI=1S/C20H21NO3/c22-20(18-9-17(10-21-11-18)16-5-6-16)24-13-15-3-7-19(8-4-15)23-12-14-1-2-14/h3-4,7-11,14,16H,1-2,5-6,12-13H2. The van der Waals surface area contributed by atoms with E-state index in [0.29, 0.717) is 11.5 Å². The summed E-state index contributed by atoms with van der Waals surface area (Å²) in [6, 6.07) is 9.65. The molecule has 24 heavy (non-hydrogen) atoms. The van der Waals surface area contributed by atoms with Gasteiger partial charge in [0, 0.05) is 12.4 Å². The minimum Gasteiger partial charge on any atom is -0.493 e. The molecule has 0 aliphatic heterocycles. The topological polar surface area (TPSA) is 48.4 Å². The first-order valence-electron chi connectivity index (χ1n) is 8.62. The monoisotopic (exact) mass is 323 g/mol. The SMILES string of the molecule is O=C(OCc1ccc(OCC2CC2)cc1)c1cncc(C2CC2)c1. The van der Waals surface area contributed by atoms with Gasteiger partial charge in [0.15, 0.2) is 0 Å². The average Bonchev–Trinajstić information content (AvgIpc) is 3.51. The number of rotatable bonds is 7. The van der Waals surface area contributed by atoms with E-state index in [2.05, 4.69) is 4.98 Å². The third-order valence-electron chi connectivity index (χ3n) is 4.52. The number of hydrogen-bond donors (Lipinski definition) is 0. The first kappa shape index (κ1) is 15.2. The maximum Gasteiger partial charge on any atom is 0.340 e. The number of carbonyl (C=O) groups excluding carboxylic acids is 1. The molecule has 0 N–H and O–H groups in total. The number of carbonyl (C=O) groups is 1. The van der Waals surface area contributed by atoms with Gasteiger partial charge in [-0.3, -0.25) is 4.98 Å². The van der Waals surface area contributed by atoms with E-state index < -0.39 is 0 Å². The molecule has 0 unspecified atom stereocenters. The van der Waals surface area contributed by atoms with E-state index in [1.165, 1.54) is 25.7 Å². The Labute approximate surface area is 141 Å². The zero-order valence-corrected chi connectivity index (χ0v) is 13.6. The third kappa shape index (κ3) is 3.94. The van der Waals surface area contributed by atoms with Crippen molar-refractivity contribution in [1.82, 2.24) is 4.98 Å². The number of pyridine rings is 1. The zero-order chi connectivity index (χ0) is 16.4. The van der Waals surface area contributed by atoms with Crippen molar-refractivity contribution in [2.75, 3.05) is 6.61 Å². The summed E-state index contributed by atoms with van der Waals surface area (Å²) in [5.41, 5.74) is 2.62. The number of esters is 1. The van der Waals surface area contributed by atoms with Gasteiger partial charge in [0.25, 0.3) is 0 Å². The summed E-state index contributed by atoms with van der Waals surface area (Å²) < 4.78 is 11.1. The van der Waals surface area contributed by atoms with Crippen LogP contribution < -0.4 is 4.74 Å². The second-order valence-corrected chi connectivity index (χ2v) is 6.76. The van der Waals surface area contributed by atoms with Crippen LogP contribution in [0.1, 0.15) is 53.1 Å². The molecule has 2 aliphatic carbocycles. The van der Waals surface area contributed by atoms with E-state index in [9.17, 15) is 4.79 Å². The van der Waals surface area contributed by atoms with Crippen LogP contribution in [0, 0.1) is 5.92 Å². The van der Waals surface area contributed by atoms with Gasteiger partial charge in [-0.05, 0) is 66.8 Å². The second kappa shape index (κ2) is 6.63. The lowest BCUT2D eigenvalue weighted by Gasteiger charge is -2.08. The van der Waals surface area contributed by atoms with Crippen molar-refractivity contribution in [1.29, 1.82) is 0 Å². The molecular weight excluding hydrogens is 302 g/mol. The third-order valence-corrected chi connectivity index (χ3v) is 4.52. The molecule has 0 spiro atoms. The van der Waals surface area contributed by atoms with Gasteiger partial charge in [0.1, 0.15) is 12.4 Å². The molecule has 1 heterocycles. The van der Waals surface area contributed by atoms with Gasteiger partial charge >= 0.3 is 5.97 Å². The van der Waals surface area contributed by atoms with Crippen molar-refractivity contribution < 1.29 is 14.3 Å². The van der Waals surface area contributed by atoms with Gasteiger partial charge in [-0.1, -0.05) is 12.1 Å². The molecule has 2 fully saturated rings. The molecule has 4 heteroatoms. The van der Waals surface area contributed by atoms with E-state index in [1.807, 2.05) is 36.5 Å². The predicted molar refractivity (Wildman–Crippen MR) is 90.0 cm³/mol. The molecule has 2 aromatic rings. The smallest absolute Gasteiger partial charge is 0.340 e. The molecule has 0 bridgehead atoms. The summed E-state index contributed by atoms with van der Waals surface area (Å²) in [4.78, 5) is 16.3. The lowest BCUT2D eigenvalue weighted by molar-refractivity contribution is 0.0472. The summed E-state index contributed by atoms with van der Waals surface area (Å²) >= 11 is 0. The first-order valence-corrected chi connectivity index (χ1v) is 8.62. The fourth-order valence-electron chi connectivity index (χ4n) is 2.62. The summed E-state index contributed by atoms with van der Waals surface area (Å²) in [7, 11) is 0. The average molecular weight is 323 g/mol. The highest BCUT2D eigenvalue weighted by atomic mass is 16.5. The Balaban J connectivity index is 1.30. The van der Waals surface area contributed by atoms with E-state index >= 15 is 0 Å². The molecule has 2 aliphatic rings. The molecular formula is C20H21NO3. The van der Waals surface area contributed by atoms with Crippen molar-refractivity contribution in [2.45, 2.75) is 38.2 Å². The van der Waals surface area contributed by atoms with Crippen LogP contribution in [-0.2, 0) is 11.3 Å². The van der Waals surface area contributed by atoms with Crippen molar-refractivity contribution in [3.8, 4) is 5.75 Å². The van der Waals surface area contributed by atoms with Gasteiger partial charge in [-0.25, -0.2) is 4.79 Å². The summed E-state index contributed by atoms with van der Waals surface area (Å²) in [6.07, 6.45) is 8.36.